The maximum absolute atomic E-state index is 12.7. The molecule has 0 atom stereocenters. The third-order valence-electron chi connectivity index (χ3n) is 4.90. The van der Waals surface area contributed by atoms with Gasteiger partial charge in [-0.05, 0) is 72.8 Å². The Morgan fingerprint density at radius 1 is 0.969 bits per heavy atom. The van der Waals surface area contributed by atoms with E-state index in [1.807, 2.05) is 60.7 Å². The first kappa shape index (κ1) is 20.5. The van der Waals surface area contributed by atoms with E-state index >= 15 is 0 Å². The van der Waals surface area contributed by atoms with Crippen LogP contribution in [0.1, 0.15) is 21.9 Å². The van der Waals surface area contributed by atoms with Crippen molar-refractivity contribution < 1.29 is 13.9 Å². The summed E-state index contributed by atoms with van der Waals surface area (Å²) in [5.41, 5.74) is 2.60. The van der Waals surface area contributed by atoms with Crippen molar-refractivity contribution in [3.63, 3.8) is 0 Å². The monoisotopic (exact) mass is 459 g/mol. The molecule has 0 amide bonds. The van der Waals surface area contributed by atoms with Gasteiger partial charge in [0.05, 0.1) is 11.4 Å². The Labute approximate surface area is 194 Å². The molecule has 1 N–H and O–H groups in total. The van der Waals surface area contributed by atoms with Gasteiger partial charge in [-0.15, -0.1) is 0 Å². The van der Waals surface area contributed by atoms with E-state index in [1.165, 1.54) is 11.0 Å². The minimum atomic E-state index is -0.0911. The van der Waals surface area contributed by atoms with Crippen molar-refractivity contribution in [1.82, 2.24) is 0 Å². The summed E-state index contributed by atoms with van der Waals surface area (Å²) in [6.07, 6.45) is 3.19. The van der Waals surface area contributed by atoms with Gasteiger partial charge in [-0.25, -0.2) is 0 Å². The molecule has 0 radical (unpaired) electrons. The number of anilines is 2. The van der Waals surface area contributed by atoms with E-state index in [-0.39, 0.29) is 12.4 Å². The van der Waals surface area contributed by atoms with Crippen LogP contribution in [0.5, 0.6) is 5.75 Å². The van der Waals surface area contributed by atoms with Gasteiger partial charge in [0.2, 0.25) is 0 Å². The van der Waals surface area contributed by atoms with E-state index in [4.69, 9.17) is 20.8 Å². The number of carbonyl (C=O) groups excluding carboxylic acids is 1. The Morgan fingerprint density at radius 2 is 1.84 bits per heavy atom. The summed E-state index contributed by atoms with van der Waals surface area (Å²) in [7, 11) is 0. The van der Waals surface area contributed by atoms with Crippen LogP contribution in [-0.4, -0.2) is 5.78 Å². The molecule has 1 aliphatic heterocycles. The molecular weight excluding hydrogens is 442 g/mol. The first-order valence-electron chi connectivity index (χ1n) is 10.0. The summed E-state index contributed by atoms with van der Waals surface area (Å²) < 4.78 is 11.4. The van der Waals surface area contributed by atoms with Gasteiger partial charge in [0.15, 0.2) is 5.78 Å². The highest BCUT2D eigenvalue weighted by molar-refractivity contribution is 7.99. The molecule has 158 valence electrons. The molecule has 0 fully saturated rings. The van der Waals surface area contributed by atoms with Crippen molar-refractivity contribution in [2.75, 3.05) is 5.32 Å². The number of nitrogens with one attached hydrogen (secondary N) is 1. The highest BCUT2D eigenvalue weighted by Crippen LogP contribution is 2.44. The first-order valence-corrected chi connectivity index (χ1v) is 11.2. The third kappa shape index (κ3) is 4.59. The second-order valence-corrected chi connectivity index (χ2v) is 8.70. The Hall–Kier alpha value is -3.41. The molecule has 5 rings (SSSR count). The van der Waals surface area contributed by atoms with Crippen LogP contribution in [0.4, 0.5) is 11.4 Å². The predicted octanol–water partition coefficient (Wildman–Crippen LogP) is 7.62. The van der Waals surface area contributed by atoms with Crippen LogP contribution in [0.2, 0.25) is 5.02 Å². The number of rotatable bonds is 6. The maximum Gasteiger partial charge on any atom is 0.186 e. The van der Waals surface area contributed by atoms with Crippen LogP contribution in [0.15, 0.2) is 99.1 Å². The average molecular weight is 460 g/mol. The summed E-state index contributed by atoms with van der Waals surface area (Å²) in [4.78, 5) is 15.0. The molecule has 4 aromatic rings. The lowest BCUT2D eigenvalue weighted by Crippen LogP contribution is -2.02. The summed E-state index contributed by atoms with van der Waals surface area (Å²) in [5.74, 6) is 1.82. The number of furan rings is 1. The summed E-state index contributed by atoms with van der Waals surface area (Å²) in [5, 5.41) is 4.02. The van der Waals surface area contributed by atoms with Gasteiger partial charge < -0.3 is 14.5 Å². The highest BCUT2D eigenvalue weighted by Gasteiger charge is 2.16. The average Bonchev–Trinajstić information content (AvgIpc) is 3.27. The molecular formula is C26H18ClNO3S. The zero-order valence-corrected chi connectivity index (χ0v) is 18.5. The van der Waals surface area contributed by atoms with Crippen molar-refractivity contribution in [2.24, 2.45) is 0 Å². The SMILES string of the molecule is O=C(/C=C/c1ccc(COc2cccc(Cl)c2)o1)c1ccc2c(c1)Nc1ccccc1S2. The number of carbonyl (C=O) groups is 1. The van der Waals surface area contributed by atoms with Crippen molar-refractivity contribution in [1.29, 1.82) is 0 Å². The second kappa shape index (κ2) is 8.99. The Balaban J connectivity index is 1.23. The largest absolute Gasteiger partial charge is 0.486 e. The molecule has 0 saturated carbocycles. The topological polar surface area (TPSA) is 51.5 Å². The Kier molecular flexibility index (Phi) is 5.75. The molecule has 4 nitrogen and oxygen atoms in total. The van der Waals surface area contributed by atoms with Gasteiger partial charge in [0.25, 0.3) is 0 Å². The van der Waals surface area contributed by atoms with Crippen LogP contribution in [0.3, 0.4) is 0 Å². The van der Waals surface area contributed by atoms with Crippen LogP contribution < -0.4 is 10.1 Å². The van der Waals surface area contributed by atoms with Gasteiger partial charge in [0.1, 0.15) is 23.9 Å². The number of benzene rings is 3. The van der Waals surface area contributed by atoms with Crippen molar-refractivity contribution in [2.45, 2.75) is 16.4 Å². The number of fused-ring (bicyclic) bond motifs is 2. The van der Waals surface area contributed by atoms with E-state index in [1.54, 1.807) is 30.0 Å². The number of allylic oxidation sites excluding steroid dienone is 1. The fourth-order valence-corrected chi connectivity index (χ4v) is 4.47. The van der Waals surface area contributed by atoms with E-state index in [9.17, 15) is 4.79 Å². The minimum absolute atomic E-state index is 0.0911. The zero-order valence-electron chi connectivity index (χ0n) is 16.9. The number of ketones is 1. The van der Waals surface area contributed by atoms with Gasteiger partial charge >= 0.3 is 0 Å². The zero-order chi connectivity index (χ0) is 21.9. The molecule has 0 bridgehead atoms. The molecule has 0 spiro atoms. The van der Waals surface area contributed by atoms with Crippen molar-refractivity contribution in [3.05, 3.63) is 107 Å². The number of halogens is 1. The lowest BCUT2D eigenvalue weighted by molar-refractivity contribution is 0.104. The van der Waals surface area contributed by atoms with Gasteiger partial charge in [-0.2, -0.15) is 0 Å². The fourth-order valence-electron chi connectivity index (χ4n) is 3.32. The molecule has 0 saturated heterocycles. The van der Waals surface area contributed by atoms with E-state index in [0.29, 0.717) is 27.9 Å². The molecule has 2 heterocycles. The van der Waals surface area contributed by atoms with Crippen LogP contribution >= 0.6 is 23.4 Å². The molecule has 1 aliphatic rings. The number of ether oxygens (including phenoxy) is 1. The molecule has 32 heavy (non-hydrogen) atoms. The van der Waals surface area contributed by atoms with Crippen LogP contribution in [0.25, 0.3) is 6.08 Å². The van der Waals surface area contributed by atoms with Crippen molar-refractivity contribution >= 4 is 46.6 Å². The molecule has 1 aromatic heterocycles. The second-order valence-electron chi connectivity index (χ2n) is 7.18. The quantitative estimate of drug-likeness (QED) is 0.209. The summed E-state index contributed by atoms with van der Waals surface area (Å²) in [6.45, 7) is 0.276. The number of hydrogen-bond donors (Lipinski definition) is 1. The minimum Gasteiger partial charge on any atom is -0.486 e. The predicted molar refractivity (Wildman–Crippen MR) is 128 cm³/mol. The van der Waals surface area contributed by atoms with Crippen LogP contribution in [0, 0.1) is 0 Å². The lowest BCUT2D eigenvalue weighted by atomic mass is 10.1. The van der Waals surface area contributed by atoms with Gasteiger partial charge in [-0.1, -0.05) is 41.6 Å². The Morgan fingerprint density at radius 3 is 2.75 bits per heavy atom. The summed E-state index contributed by atoms with van der Waals surface area (Å²) >= 11 is 7.66. The van der Waals surface area contributed by atoms with E-state index in [2.05, 4.69) is 11.4 Å². The van der Waals surface area contributed by atoms with E-state index in [0.717, 1.165) is 16.3 Å². The highest BCUT2D eigenvalue weighted by atomic mass is 35.5. The van der Waals surface area contributed by atoms with Crippen LogP contribution in [-0.2, 0) is 6.61 Å². The first-order chi connectivity index (χ1) is 15.6. The van der Waals surface area contributed by atoms with E-state index < -0.39 is 0 Å². The molecule has 3 aromatic carbocycles. The lowest BCUT2D eigenvalue weighted by Gasteiger charge is -2.20. The number of hydrogen-bond acceptors (Lipinski definition) is 5. The molecule has 6 heteroatoms. The normalized spacial score (nSPS) is 12.2. The van der Waals surface area contributed by atoms with Gasteiger partial charge in [-0.3, -0.25) is 4.79 Å². The smallest absolute Gasteiger partial charge is 0.186 e. The molecule has 0 aliphatic carbocycles. The van der Waals surface area contributed by atoms with Gasteiger partial charge in [0, 0.05) is 20.4 Å². The third-order valence-corrected chi connectivity index (χ3v) is 6.29. The molecule has 0 unspecified atom stereocenters. The number of para-hydroxylation sites is 1. The maximum atomic E-state index is 12.7. The standard InChI is InChI=1S/C26H18ClNO3S/c27-18-4-3-5-20(15-18)30-16-21-10-9-19(31-21)11-12-24(29)17-8-13-26-23(14-17)28-22-6-1-2-7-25(22)32-26/h1-15,28H,16H2/b12-11+. The summed E-state index contributed by atoms with van der Waals surface area (Å²) in [6, 6.07) is 24.7. The Bertz CT molecular complexity index is 1330. The van der Waals surface area contributed by atoms with Crippen molar-refractivity contribution in [3.8, 4) is 5.75 Å². The fraction of sp³-hybridized carbons (Fsp3) is 0.0385.